The SMILES string of the molecule is CC(C)c1[nH]nc2c1[C@@H](c1cccc(F)c1)C(C#N)=C(N)O2. The van der Waals surface area contributed by atoms with Gasteiger partial charge in [0.15, 0.2) is 0 Å². The lowest BCUT2D eigenvalue weighted by molar-refractivity contribution is 0.378. The minimum absolute atomic E-state index is 0.00562. The summed E-state index contributed by atoms with van der Waals surface area (Å²) in [5.41, 5.74) is 8.35. The van der Waals surface area contributed by atoms with Crippen LogP contribution in [0.5, 0.6) is 5.88 Å². The van der Waals surface area contributed by atoms with Gasteiger partial charge in [-0.1, -0.05) is 26.0 Å². The normalized spacial score (nSPS) is 17.1. The number of nitrogens with two attached hydrogens (primary N) is 1. The largest absolute Gasteiger partial charge is 0.420 e. The van der Waals surface area contributed by atoms with E-state index in [4.69, 9.17) is 10.5 Å². The summed E-state index contributed by atoms with van der Waals surface area (Å²) in [6, 6.07) is 8.23. The molecule has 3 rings (SSSR count). The minimum Gasteiger partial charge on any atom is -0.420 e. The zero-order valence-corrected chi connectivity index (χ0v) is 12.2. The first-order valence-electron chi connectivity index (χ1n) is 6.94. The number of halogens is 1. The van der Waals surface area contributed by atoms with E-state index in [2.05, 4.69) is 16.3 Å². The first-order chi connectivity index (χ1) is 10.5. The molecule has 1 aliphatic heterocycles. The Morgan fingerprint density at radius 2 is 2.23 bits per heavy atom. The highest BCUT2D eigenvalue weighted by atomic mass is 19.1. The molecule has 1 atom stereocenters. The van der Waals surface area contributed by atoms with Crippen LogP contribution in [-0.4, -0.2) is 10.2 Å². The third-order valence-corrected chi connectivity index (χ3v) is 3.73. The van der Waals surface area contributed by atoms with Crippen molar-refractivity contribution in [3.63, 3.8) is 0 Å². The quantitative estimate of drug-likeness (QED) is 0.892. The predicted octanol–water partition coefficient (Wildman–Crippen LogP) is 2.89. The highest BCUT2D eigenvalue weighted by Gasteiger charge is 2.35. The molecule has 0 radical (unpaired) electrons. The number of benzene rings is 1. The molecular formula is C16H15FN4O. The topological polar surface area (TPSA) is 87.7 Å². The van der Waals surface area contributed by atoms with Crippen LogP contribution in [0.2, 0.25) is 0 Å². The van der Waals surface area contributed by atoms with Crippen LogP contribution >= 0.6 is 0 Å². The molecule has 1 aliphatic rings. The molecule has 0 unspecified atom stereocenters. The number of nitrogens with one attached hydrogen (secondary N) is 1. The summed E-state index contributed by atoms with van der Waals surface area (Å²) in [6.07, 6.45) is 0. The van der Waals surface area contributed by atoms with Crippen LogP contribution in [-0.2, 0) is 0 Å². The Balaban J connectivity index is 2.26. The van der Waals surface area contributed by atoms with Crippen LogP contribution < -0.4 is 10.5 Å². The number of hydrogen-bond acceptors (Lipinski definition) is 4. The molecule has 0 aliphatic carbocycles. The van der Waals surface area contributed by atoms with Gasteiger partial charge in [0.2, 0.25) is 11.8 Å². The number of rotatable bonds is 2. The summed E-state index contributed by atoms with van der Waals surface area (Å²) in [7, 11) is 0. The Hall–Kier alpha value is -2.81. The molecule has 2 aromatic rings. The van der Waals surface area contributed by atoms with E-state index in [9.17, 15) is 9.65 Å². The van der Waals surface area contributed by atoms with E-state index in [1.54, 1.807) is 12.1 Å². The number of aromatic amines is 1. The van der Waals surface area contributed by atoms with Crippen molar-refractivity contribution in [3.8, 4) is 11.9 Å². The molecule has 0 amide bonds. The lowest BCUT2D eigenvalue weighted by Gasteiger charge is -2.24. The molecular weight excluding hydrogens is 283 g/mol. The van der Waals surface area contributed by atoms with Gasteiger partial charge in [0.25, 0.3) is 0 Å². The molecule has 1 aromatic carbocycles. The van der Waals surface area contributed by atoms with Crippen molar-refractivity contribution in [1.82, 2.24) is 10.2 Å². The molecule has 22 heavy (non-hydrogen) atoms. The predicted molar refractivity (Wildman–Crippen MR) is 78.4 cm³/mol. The van der Waals surface area contributed by atoms with Gasteiger partial charge in [-0.3, -0.25) is 5.10 Å². The Kier molecular flexibility index (Phi) is 3.33. The van der Waals surface area contributed by atoms with E-state index in [1.807, 2.05) is 13.8 Å². The molecule has 5 nitrogen and oxygen atoms in total. The summed E-state index contributed by atoms with van der Waals surface area (Å²) >= 11 is 0. The highest BCUT2D eigenvalue weighted by Crippen LogP contribution is 2.44. The number of hydrogen-bond donors (Lipinski definition) is 2. The fourth-order valence-corrected chi connectivity index (χ4v) is 2.73. The van der Waals surface area contributed by atoms with Crippen LogP contribution in [0.3, 0.4) is 0 Å². The summed E-state index contributed by atoms with van der Waals surface area (Å²) in [4.78, 5) is 0. The van der Waals surface area contributed by atoms with Crippen LogP contribution in [0, 0.1) is 17.1 Å². The fraction of sp³-hybridized carbons (Fsp3) is 0.250. The number of aromatic nitrogens is 2. The molecule has 0 saturated heterocycles. The van der Waals surface area contributed by atoms with E-state index in [1.165, 1.54) is 12.1 Å². The van der Waals surface area contributed by atoms with Crippen LogP contribution in [0.25, 0.3) is 0 Å². The number of nitrogens with zero attached hydrogens (tertiary/aromatic N) is 2. The molecule has 3 N–H and O–H groups in total. The number of allylic oxidation sites excluding steroid dienone is 1. The monoisotopic (exact) mass is 298 g/mol. The molecule has 2 heterocycles. The number of H-pyrrole nitrogens is 1. The van der Waals surface area contributed by atoms with Crippen molar-refractivity contribution in [2.75, 3.05) is 0 Å². The van der Waals surface area contributed by atoms with Gasteiger partial charge in [-0.05, 0) is 23.6 Å². The maximum absolute atomic E-state index is 13.6. The standard InChI is InChI=1S/C16H15FN4O/c1-8(2)14-13-12(9-4-3-5-10(17)6-9)11(7-18)15(19)22-16(13)21-20-14/h3-6,8,12H,19H2,1-2H3,(H,20,21)/t12-/m0/s1. The molecule has 112 valence electrons. The molecule has 1 aromatic heterocycles. The molecule has 0 spiro atoms. The van der Waals surface area contributed by atoms with Gasteiger partial charge in [-0.25, -0.2) is 4.39 Å². The van der Waals surface area contributed by atoms with Gasteiger partial charge >= 0.3 is 0 Å². The Morgan fingerprint density at radius 1 is 1.45 bits per heavy atom. The lowest BCUT2D eigenvalue weighted by Crippen LogP contribution is -2.21. The second kappa shape index (κ2) is 5.19. The lowest BCUT2D eigenvalue weighted by atomic mass is 9.82. The zero-order chi connectivity index (χ0) is 15.9. The third kappa shape index (κ3) is 2.11. The average molecular weight is 298 g/mol. The number of fused-ring (bicyclic) bond motifs is 1. The van der Waals surface area contributed by atoms with E-state index in [0.717, 1.165) is 11.3 Å². The van der Waals surface area contributed by atoms with Crippen LogP contribution in [0.15, 0.2) is 35.7 Å². The average Bonchev–Trinajstić information content (AvgIpc) is 2.89. The van der Waals surface area contributed by atoms with Crippen molar-refractivity contribution >= 4 is 0 Å². The Morgan fingerprint density at radius 3 is 2.86 bits per heavy atom. The van der Waals surface area contributed by atoms with Gasteiger partial charge in [-0.2, -0.15) is 5.26 Å². The van der Waals surface area contributed by atoms with E-state index >= 15 is 0 Å². The Bertz CT molecular complexity index is 801. The summed E-state index contributed by atoms with van der Waals surface area (Å²) < 4.78 is 19.1. The van der Waals surface area contributed by atoms with E-state index in [0.29, 0.717) is 11.4 Å². The summed E-state index contributed by atoms with van der Waals surface area (Å²) in [5.74, 6) is -0.354. The van der Waals surface area contributed by atoms with Gasteiger partial charge in [0.1, 0.15) is 17.5 Å². The number of nitriles is 1. The maximum atomic E-state index is 13.6. The molecule has 0 bridgehead atoms. The van der Waals surface area contributed by atoms with Gasteiger partial charge in [0.05, 0.1) is 11.5 Å². The van der Waals surface area contributed by atoms with E-state index in [-0.39, 0.29) is 23.2 Å². The maximum Gasteiger partial charge on any atom is 0.244 e. The Labute approximate surface area is 127 Å². The molecule has 0 fully saturated rings. The second-order valence-corrected chi connectivity index (χ2v) is 5.49. The van der Waals surface area contributed by atoms with Crippen molar-refractivity contribution < 1.29 is 9.13 Å². The van der Waals surface area contributed by atoms with Crippen molar-refractivity contribution in [3.05, 3.63) is 58.4 Å². The molecule has 0 saturated carbocycles. The highest BCUT2D eigenvalue weighted by molar-refractivity contribution is 5.55. The summed E-state index contributed by atoms with van der Waals surface area (Å²) in [5, 5.41) is 16.5. The van der Waals surface area contributed by atoms with Crippen molar-refractivity contribution in [1.29, 1.82) is 5.26 Å². The van der Waals surface area contributed by atoms with E-state index < -0.39 is 5.92 Å². The third-order valence-electron chi connectivity index (χ3n) is 3.73. The smallest absolute Gasteiger partial charge is 0.244 e. The van der Waals surface area contributed by atoms with Gasteiger partial charge < -0.3 is 10.5 Å². The summed E-state index contributed by atoms with van der Waals surface area (Å²) in [6.45, 7) is 4.01. The fourth-order valence-electron chi connectivity index (χ4n) is 2.73. The first-order valence-corrected chi connectivity index (χ1v) is 6.94. The van der Waals surface area contributed by atoms with Crippen LogP contribution in [0.4, 0.5) is 4.39 Å². The van der Waals surface area contributed by atoms with Crippen molar-refractivity contribution in [2.45, 2.75) is 25.7 Å². The first kappa shape index (κ1) is 14.1. The number of ether oxygens (including phenoxy) is 1. The second-order valence-electron chi connectivity index (χ2n) is 5.49. The molecule has 6 heteroatoms. The minimum atomic E-state index is -0.486. The van der Waals surface area contributed by atoms with Gasteiger partial charge in [-0.15, -0.1) is 5.10 Å². The van der Waals surface area contributed by atoms with Crippen molar-refractivity contribution in [2.24, 2.45) is 5.73 Å². The van der Waals surface area contributed by atoms with Gasteiger partial charge in [0, 0.05) is 5.69 Å². The van der Waals surface area contributed by atoms with Crippen LogP contribution in [0.1, 0.15) is 42.5 Å². The zero-order valence-electron chi connectivity index (χ0n) is 12.2.